The number of carbonyl (C=O) groups is 1. The minimum atomic E-state index is -1.97. The van der Waals surface area contributed by atoms with Gasteiger partial charge < -0.3 is 89.9 Å². The number of carbonyl (C=O) groups excluding carboxylic acids is 1. The van der Waals surface area contributed by atoms with Crippen molar-refractivity contribution < 1.29 is 89.4 Å². The van der Waals surface area contributed by atoms with Crippen molar-refractivity contribution in [3.05, 3.63) is 36.5 Å². The van der Waals surface area contributed by atoms with Gasteiger partial charge in [-0.3, -0.25) is 4.79 Å². The number of hydrogen-bond acceptors (Lipinski definition) is 18. The number of allylic oxidation sites excluding steroid dienone is 6. The van der Waals surface area contributed by atoms with Gasteiger partial charge in [0.05, 0.1) is 38.6 Å². The van der Waals surface area contributed by atoms with Crippen molar-refractivity contribution in [2.75, 3.05) is 26.4 Å². The molecule has 0 aliphatic carbocycles. The molecular weight excluding hydrogens is 1130 g/mol. The fourth-order valence-electron chi connectivity index (χ4n) is 12.0. The quantitative estimate of drug-likeness (QED) is 0.0199. The predicted octanol–water partition coefficient (Wildman–Crippen LogP) is 9.22. The summed E-state index contributed by atoms with van der Waals surface area (Å²) in [6.07, 6.45) is 32.4. The summed E-state index contributed by atoms with van der Waals surface area (Å²) in [6.45, 7) is 1.69. The standard InChI is InChI=1S/C69H127NO18/c1-3-5-7-9-11-13-15-17-19-20-21-22-23-24-25-26-27-28-29-30-31-33-34-36-38-40-42-44-46-53(74)52(70-57(75)47-45-43-41-39-37-35-32-18-16-14-12-10-8-6-4-2)51-83-67-63(81)60(78)65(55(49-72)85-67)88-69-64(82)61(79)66(56(50-73)86-69)87-68-62(80)59(77)58(76)54(48-71)84-68/h6,8,12,14,18,32,52-56,58-69,71-74,76-82H,3-5,7,9-11,13,15-17,19-31,33-51H2,1-2H3,(H,70,75)/b8-6-,14-12-,32-18-. The fourth-order valence-corrected chi connectivity index (χ4v) is 12.0. The highest BCUT2D eigenvalue weighted by molar-refractivity contribution is 5.76. The zero-order chi connectivity index (χ0) is 64.0. The van der Waals surface area contributed by atoms with Gasteiger partial charge in [-0.25, -0.2) is 0 Å². The molecule has 0 radical (unpaired) electrons. The minimum absolute atomic E-state index is 0.247. The van der Waals surface area contributed by atoms with Gasteiger partial charge in [-0.05, 0) is 44.9 Å². The molecule has 3 fully saturated rings. The molecule has 3 aliphatic rings. The Labute approximate surface area is 530 Å². The molecule has 516 valence electrons. The normalized spacial score (nSPS) is 28.6. The third-order valence-electron chi connectivity index (χ3n) is 17.7. The van der Waals surface area contributed by atoms with Gasteiger partial charge in [-0.2, -0.15) is 0 Å². The Kier molecular flexibility index (Phi) is 46.9. The highest BCUT2D eigenvalue weighted by atomic mass is 16.8. The van der Waals surface area contributed by atoms with E-state index in [0.29, 0.717) is 12.8 Å². The average molecular weight is 1260 g/mol. The van der Waals surface area contributed by atoms with Gasteiger partial charge in [-0.15, -0.1) is 0 Å². The second-order valence-electron chi connectivity index (χ2n) is 25.3. The van der Waals surface area contributed by atoms with Crippen molar-refractivity contribution in [2.24, 2.45) is 0 Å². The summed E-state index contributed by atoms with van der Waals surface area (Å²) in [7, 11) is 0. The molecule has 0 saturated carbocycles. The summed E-state index contributed by atoms with van der Waals surface area (Å²) >= 11 is 0. The fraction of sp³-hybridized carbons (Fsp3) is 0.899. The van der Waals surface area contributed by atoms with Crippen molar-refractivity contribution in [1.82, 2.24) is 5.32 Å². The van der Waals surface area contributed by atoms with E-state index in [9.17, 15) is 61.0 Å². The Morgan fingerprint density at radius 2 is 0.784 bits per heavy atom. The SMILES string of the molecule is CC/C=C\C/C=C\C/C=C\CCCCCCCC(=O)NC(COC1OC(CO)C(OC2OC(CO)C(OC3OC(CO)C(O)C(O)C3O)C(O)C2O)C(O)C1O)C(O)CCCCCCCCCCCCCCCCCCCCCCCCCCCCCC. The van der Waals surface area contributed by atoms with Gasteiger partial charge in [0.25, 0.3) is 0 Å². The molecule has 17 unspecified atom stereocenters. The van der Waals surface area contributed by atoms with Crippen LogP contribution in [-0.4, -0.2) is 193 Å². The molecule has 0 aromatic rings. The van der Waals surface area contributed by atoms with Gasteiger partial charge in [-0.1, -0.05) is 249 Å². The summed E-state index contributed by atoms with van der Waals surface area (Å²) in [5, 5.41) is 121. The van der Waals surface area contributed by atoms with E-state index in [0.717, 1.165) is 77.0 Å². The molecule has 0 aromatic heterocycles. The second kappa shape index (κ2) is 51.4. The van der Waals surface area contributed by atoms with Crippen LogP contribution >= 0.6 is 0 Å². The van der Waals surface area contributed by atoms with Crippen LogP contribution in [0, 0.1) is 0 Å². The number of unbranched alkanes of at least 4 members (excludes halogenated alkanes) is 32. The maximum atomic E-state index is 13.4. The Bertz CT molecular complexity index is 1740. The second-order valence-corrected chi connectivity index (χ2v) is 25.3. The van der Waals surface area contributed by atoms with Crippen LogP contribution in [0.15, 0.2) is 36.5 Å². The van der Waals surface area contributed by atoms with Gasteiger partial charge >= 0.3 is 0 Å². The van der Waals surface area contributed by atoms with Crippen molar-refractivity contribution in [2.45, 2.75) is 369 Å². The molecule has 0 aromatic carbocycles. The number of ether oxygens (including phenoxy) is 6. The molecule has 0 spiro atoms. The van der Waals surface area contributed by atoms with E-state index in [2.05, 4.69) is 55.6 Å². The molecule has 12 N–H and O–H groups in total. The molecule has 3 saturated heterocycles. The van der Waals surface area contributed by atoms with Crippen LogP contribution < -0.4 is 5.32 Å². The summed E-state index contributed by atoms with van der Waals surface area (Å²) < 4.78 is 34.4. The summed E-state index contributed by atoms with van der Waals surface area (Å²) in [6, 6.07) is -0.897. The highest BCUT2D eigenvalue weighted by Gasteiger charge is 2.53. The molecule has 3 rings (SSSR count). The van der Waals surface area contributed by atoms with E-state index in [1.54, 1.807) is 0 Å². The lowest BCUT2D eigenvalue weighted by molar-refractivity contribution is -0.379. The van der Waals surface area contributed by atoms with Crippen molar-refractivity contribution in [3.8, 4) is 0 Å². The number of amides is 1. The number of aliphatic hydroxyl groups is 11. The zero-order valence-corrected chi connectivity index (χ0v) is 54.5. The van der Waals surface area contributed by atoms with E-state index in [4.69, 9.17) is 28.4 Å². The van der Waals surface area contributed by atoms with Crippen LogP contribution in [0.1, 0.15) is 264 Å². The number of hydrogen-bond donors (Lipinski definition) is 12. The topological polar surface area (TPSA) is 307 Å². The molecule has 1 amide bonds. The Morgan fingerprint density at radius 3 is 1.23 bits per heavy atom. The molecule has 3 heterocycles. The predicted molar refractivity (Wildman–Crippen MR) is 342 cm³/mol. The Hall–Kier alpha value is -1.99. The Balaban J connectivity index is 1.40. The van der Waals surface area contributed by atoms with Gasteiger partial charge in [0.15, 0.2) is 18.9 Å². The van der Waals surface area contributed by atoms with Crippen molar-refractivity contribution in [3.63, 3.8) is 0 Å². The smallest absolute Gasteiger partial charge is 0.220 e. The maximum absolute atomic E-state index is 13.4. The third kappa shape index (κ3) is 33.2. The van der Waals surface area contributed by atoms with E-state index in [-0.39, 0.29) is 18.9 Å². The number of nitrogens with one attached hydrogen (secondary N) is 1. The van der Waals surface area contributed by atoms with Crippen LogP contribution in [-0.2, 0) is 33.2 Å². The zero-order valence-electron chi connectivity index (χ0n) is 54.5. The molecule has 88 heavy (non-hydrogen) atoms. The van der Waals surface area contributed by atoms with Crippen LogP contribution in [0.5, 0.6) is 0 Å². The van der Waals surface area contributed by atoms with E-state index in [1.807, 2.05) is 0 Å². The van der Waals surface area contributed by atoms with Gasteiger partial charge in [0, 0.05) is 6.42 Å². The molecule has 19 nitrogen and oxygen atoms in total. The lowest BCUT2D eigenvalue weighted by Crippen LogP contribution is -2.66. The first kappa shape index (κ1) is 80.2. The Morgan fingerprint density at radius 1 is 0.420 bits per heavy atom. The summed E-state index contributed by atoms with van der Waals surface area (Å²) in [5.74, 6) is -0.258. The van der Waals surface area contributed by atoms with Crippen molar-refractivity contribution >= 4 is 5.91 Å². The van der Waals surface area contributed by atoms with Crippen molar-refractivity contribution in [1.29, 1.82) is 0 Å². The third-order valence-corrected chi connectivity index (χ3v) is 17.7. The lowest BCUT2D eigenvalue weighted by atomic mass is 9.96. The summed E-state index contributed by atoms with van der Waals surface area (Å²) in [5.41, 5.74) is 0. The molecular formula is C69H127NO18. The highest BCUT2D eigenvalue weighted by Crippen LogP contribution is 2.33. The first-order chi connectivity index (χ1) is 42.8. The van der Waals surface area contributed by atoms with E-state index >= 15 is 0 Å². The number of aliphatic hydroxyl groups excluding tert-OH is 11. The molecule has 19 heteroatoms. The van der Waals surface area contributed by atoms with E-state index in [1.165, 1.54) is 154 Å². The monoisotopic (exact) mass is 1260 g/mol. The minimum Gasteiger partial charge on any atom is -0.394 e. The maximum Gasteiger partial charge on any atom is 0.220 e. The van der Waals surface area contributed by atoms with Crippen LogP contribution in [0.25, 0.3) is 0 Å². The average Bonchev–Trinajstić information content (AvgIpc) is 3.59. The first-order valence-electron chi connectivity index (χ1n) is 35.2. The van der Waals surface area contributed by atoms with E-state index < -0.39 is 124 Å². The number of rotatable bonds is 54. The molecule has 3 aliphatic heterocycles. The van der Waals surface area contributed by atoms with Crippen LogP contribution in [0.3, 0.4) is 0 Å². The first-order valence-corrected chi connectivity index (χ1v) is 35.2. The van der Waals surface area contributed by atoms with Crippen LogP contribution in [0.2, 0.25) is 0 Å². The summed E-state index contributed by atoms with van der Waals surface area (Å²) in [4.78, 5) is 13.4. The van der Waals surface area contributed by atoms with Gasteiger partial charge in [0.1, 0.15) is 73.2 Å². The van der Waals surface area contributed by atoms with Gasteiger partial charge in [0.2, 0.25) is 5.91 Å². The molecule has 0 bridgehead atoms. The van der Waals surface area contributed by atoms with Crippen LogP contribution in [0.4, 0.5) is 0 Å². The lowest BCUT2D eigenvalue weighted by Gasteiger charge is -2.48. The largest absolute Gasteiger partial charge is 0.394 e. The molecule has 17 atom stereocenters.